The van der Waals surface area contributed by atoms with Crippen molar-refractivity contribution in [3.8, 4) is 0 Å². The third-order valence-corrected chi connectivity index (χ3v) is 8.09. The van der Waals surface area contributed by atoms with Crippen molar-refractivity contribution in [1.29, 1.82) is 0 Å². The quantitative estimate of drug-likeness (QED) is 0.0318. The summed E-state index contributed by atoms with van der Waals surface area (Å²) in [6.45, 7) is 6.47. The van der Waals surface area contributed by atoms with E-state index >= 15 is 0 Å². The van der Waals surface area contributed by atoms with E-state index in [0.29, 0.717) is 19.3 Å². The molecule has 0 aromatic rings. The monoisotopic (exact) mass is 617 g/mol. The van der Waals surface area contributed by atoms with Gasteiger partial charge in [-0.15, -0.1) is 0 Å². The summed E-state index contributed by atoms with van der Waals surface area (Å²) in [5.41, 5.74) is 0. The van der Waals surface area contributed by atoms with Gasteiger partial charge in [-0.25, -0.2) is 0 Å². The number of esters is 2. The summed E-state index contributed by atoms with van der Waals surface area (Å²) in [6.07, 6.45) is 44.3. The van der Waals surface area contributed by atoms with Crippen LogP contribution < -0.4 is 0 Å². The van der Waals surface area contributed by atoms with Crippen LogP contribution in [0.2, 0.25) is 0 Å². The van der Waals surface area contributed by atoms with Gasteiger partial charge in [-0.2, -0.15) is 0 Å². The van der Waals surface area contributed by atoms with Gasteiger partial charge in [0.1, 0.15) is 0 Å². The number of carbonyl (C=O) groups is 2. The SMILES string of the molecule is CCC=C(OC(=O)CCCCCCC/C=C\CCCCCCCC)OC(=O)CCCCCCC/C=C\CCCCCCCC. The van der Waals surface area contributed by atoms with Gasteiger partial charge in [0, 0.05) is 12.8 Å². The molecule has 0 aromatic heterocycles. The van der Waals surface area contributed by atoms with E-state index in [2.05, 4.69) is 38.2 Å². The van der Waals surface area contributed by atoms with Gasteiger partial charge in [0.2, 0.25) is 0 Å². The van der Waals surface area contributed by atoms with Crippen LogP contribution >= 0.6 is 0 Å². The number of allylic oxidation sites excluding steroid dienone is 5. The Hall–Kier alpha value is -1.84. The zero-order chi connectivity index (χ0) is 32.2. The Morgan fingerprint density at radius 3 is 1.02 bits per heavy atom. The van der Waals surface area contributed by atoms with E-state index in [9.17, 15) is 9.59 Å². The zero-order valence-corrected chi connectivity index (χ0v) is 29.5. The van der Waals surface area contributed by atoms with Crippen LogP contribution in [0.1, 0.15) is 207 Å². The molecule has 4 nitrogen and oxygen atoms in total. The normalized spacial score (nSPS) is 11.4. The zero-order valence-electron chi connectivity index (χ0n) is 29.5. The average Bonchev–Trinajstić information content (AvgIpc) is 3.01. The molecule has 0 saturated carbocycles. The van der Waals surface area contributed by atoms with Gasteiger partial charge < -0.3 is 9.47 Å². The lowest BCUT2D eigenvalue weighted by Gasteiger charge is -2.09. The van der Waals surface area contributed by atoms with Crippen LogP contribution in [0.15, 0.2) is 36.3 Å². The predicted molar refractivity (Wildman–Crippen MR) is 189 cm³/mol. The highest BCUT2D eigenvalue weighted by molar-refractivity contribution is 5.73. The number of hydrogen-bond donors (Lipinski definition) is 0. The van der Waals surface area contributed by atoms with E-state index in [1.165, 1.54) is 116 Å². The van der Waals surface area contributed by atoms with Crippen LogP contribution in [0.4, 0.5) is 0 Å². The summed E-state index contributed by atoms with van der Waals surface area (Å²) >= 11 is 0. The molecule has 0 N–H and O–H groups in total. The van der Waals surface area contributed by atoms with Crippen LogP contribution in [0.25, 0.3) is 0 Å². The summed E-state index contributed by atoms with van der Waals surface area (Å²) in [4.78, 5) is 24.6. The molecule has 0 saturated heterocycles. The topological polar surface area (TPSA) is 52.6 Å². The van der Waals surface area contributed by atoms with Gasteiger partial charge in [-0.05, 0) is 76.7 Å². The van der Waals surface area contributed by atoms with Crippen molar-refractivity contribution < 1.29 is 19.1 Å². The minimum Gasteiger partial charge on any atom is -0.393 e. The molecule has 0 spiro atoms. The first-order chi connectivity index (χ1) is 21.6. The van der Waals surface area contributed by atoms with Crippen LogP contribution in [0.5, 0.6) is 0 Å². The van der Waals surface area contributed by atoms with Crippen LogP contribution in [0, 0.1) is 0 Å². The Balaban J connectivity index is 3.72. The predicted octanol–water partition coefficient (Wildman–Crippen LogP) is 13.4. The van der Waals surface area contributed by atoms with Gasteiger partial charge in [-0.3, -0.25) is 9.59 Å². The van der Waals surface area contributed by atoms with E-state index in [4.69, 9.17) is 9.47 Å². The maximum absolute atomic E-state index is 12.3. The third kappa shape index (κ3) is 33.1. The molecular formula is C40H72O4. The lowest BCUT2D eigenvalue weighted by atomic mass is 10.1. The Kier molecular flexibility index (Phi) is 34.1. The van der Waals surface area contributed by atoms with Crippen molar-refractivity contribution >= 4 is 11.9 Å². The summed E-state index contributed by atoms with van der Waals surface area (Å²) in [6, 6.07) is 0. The number of rotatable bonds is 33. The number of hydrogen-bond acceptors (Lipinski definition) is 4. The second-order valence-corrected chi connectivity index (χ2v) is 12.5. The summed E-state index contributed by atoms with van der Waals surface area (Å²) in [7, 11) is 0. The molecule has 0 radical (unpaired) electrons. The van der Waals surface area contributed by atoms with Crippen molar-refractivity contribution in [3.05, 3.63) is 36.3 Å². The largest absolute Gasteiger partial charge is 0.393 e. The van der Waals surface area contributed by atoms with Crippen LogP contribution in [-0.2, 0) is 19.1 Å². The lowest BCUT2D eigenvalue weighted by Crippen LogP contribution is -2.11. The molecule has 0 aromatic carbocycles. The fourth-order valence-corrected chi connectivity index (χ4v) is 5.28. The van der Waals surface area contributed by atoms with Crippen LogP contribution in [0.3, 0.4) is 0 Å². The molecule has 0 aliphatic carbocycles. The molecule has 0 heterocycles. The molecule has 0 aliphatic heterocycles. The summed E-state index contributed by atoms with van der Waals surface area (Å²) < 4.78 is 10.7. The molecule has 44 heavy (non-hydrogen) atoms. The molecule has 0 bridgehead atoms. The molecule has 256 valence electrons. The lowest BCUT2D eigenvalue weighted by molar-refractivity contribution is -0.154. The van der Waals surface area contributed by atoms with Crippen molar-refractivity contribution in [2.45, 2.75) is 207 Å². The molecule has 0 rings (SSSR count). The maximum Gasteiger partial charge on any atom is 0.313 e. The van der Waals surface area contributed by atoms with E-state index in [0.717, 1.165) is 51.4 Å². The summed E-state index contributed by atoms with van der Waals surface area (Å²) in [5, 5.41) is 0. The number of carbonyl (C=O) groups excluding carboxylic acids is 2. The molecule has 0 atom stereocenters. The fraction of sp³-hybridized carbons (Fsp3) is 0.800. The van der Waals surface area contributed by atoms with Gasteiger partial charge >= 0.3 is 11.9 Å². The van der Waals surface area contributed by atoms with Crippen molar-refractivity contribution in [3.63, 3.8) is 0 Å². The minimum atomic E-state index is -0.309. The minimum absolute atomic E-state index is 0.0583. The molecule has 0 amide bonds. The van der Waals surface area contributed by atoms with Gasteiger partial charge in [0.15, 0.2) is 0 Å². The molecule has 0 aliphatic rings. The first-order valence-electron chi connectivity index (χ1n) is 19.0. The Morgan fingerprint density at radius 2 is 0.705 bits per heavy atom. The molecule has 4 heteroatoms. The molecule has 0 fully saturated rings. The van der Waals surface area contributed by atoms with Gasteiger partial charge in [0.25, 0.3) is 5.95 Å². The van der Waals surface area contributed by atoms with E-state index in [1.807, 2.05) is 6.92 Å². The first kappa shape index (κ1) is 42.2. The maximum atomic E-state index is 12.3. The Morgan fingerprint density at radius 1 is 0.409 bits per heavy atom. The van der Waals surface area contributed by atoms with Crippen molar-refractivity contribution in [2.24, 2.45) is 0 Å². The molecule has 0 unspecified atom stereocenters. The third-order valence-electron chi connectivity index (χ3n) is 8.09. The molecular weight excluding hydrogens is 544 g/mol. The average molecular weight is 617 g/mol. The van der Waals surface area contributed by atoms with Gasteiger partial charge in [0.05, 0.1) is 0 Å². The van der Waals surface area contributed by atoms with E-state index in [-0.39, 0.29) is 17.9 Å². The van der Waals surface area contributed by atoms with Crippen LogP contribution in [-0.4, -0.2) is 11.9 Å². The highest BCUT2D eigenvalue weighted by Gasteiger charge is 2.12. The van der Waals surface area contributed by atoms with Crippen molar-refractivity contribution in [2.75, 3.05) is 0 Å². The standard InChI is InChI=1S/C40H72O4/c1-4-7-9-11-13-15-17-19-21-23-25-27-29-31-33-36-38(41)43-40(35-6-3)44-39(42)37-34-32-30-28-26-24-22-20-18-16-14-12-10-8-5-2/h19-22,35H,4-18,23-34,36-37H2,1-3H3/b21-19-,22-20-. The second kappa shape index (κ2) is 35.6. The first-order valence-corrected chi connectivity index (χ1v) is 19.0. The summed E-state index contributed by atoms with van der Waals surface area (Å²) in [5.74, 6) is -0.560. The number of ether oxygens (including phenoxy) is 2. The Bertz CT molecular complexity index is 665. The number of unbranched alkanes of at least 4 members (excludes halogenated alkanes) is 22. The highest BCUT2D eigenvalue weighted by Crippen LogP contribution is 2.14. The van der Waals surface area contributed by atoms with Gasteiger partial charge in [-0.1, -0.05) is 148 Å². The smallest absolute Gasteiger partial charge is 0.313 e. The highest BCUT2D eigenvalue weighted by atomic mass is 16.7. The fourth-order valence-electron chi connectivity index (χ4n) is 5.28. The Labute approximate surface area is 273 Å². The second-order valence-electron chi connectivity index (χ2n) is 12.5. The van der Waals surface area contributed by atoms with E-state index < -0.39 is 0 Å². The van der Waals surface area contributed by atoms with Crippen molar-refractivity contribution in [1.82, 2.24) is 0 Å². The van der Waals surface area contributed by atoms with E-state index in [1.54, 1.807) is 6.08 Å².